The second-order valence-electron chi connectivity index (χ2n) is 4.52. The first kappa shape index (κ1) is 12.7. The first-order valence-corrected chi connectivity index (χ1v) is 6.19. The molecular weight excluding hydrogens is 228 g/mol. The number of methoxy groups -OCH3 is 1. The van der Waals surface area contributed by atoms with Gasteiger partial charge in [0.2, 0.25) is 0 Å². The maximum atomic E-state index is 8.82. The van der Waals surface area contributed by atoms with E-state index in [-0.39, 0.29) is 0 Å². The molecule has 18 heavy (non-hydrogen) atoms. The second-order valence-corrected chi connectivity index (χ2v) is 4.52. The molecule has 0 aromatic heterocycles. The molecule has 0 spiro atoms. The lowest BCUT2D eigenvalue weighted by atomic mass is 10.2. The van der Waals surface area contributed by atoms with Crippen LogP contribution in [0.5, 0.6) is 11.5 Å². The van der Waals surface area contributed by atoms with Gasteiger partial charge in [0.05, 0.1) is 7.11 Å². The summed E-state index contributed by atoms with van der Waals surface area (Å²) in [6, 6.07) is 8.44. The predicted octanol–water partition coefficient (Wildman–Crippen LogP) is 2.24. The minimum atomic E-state index is -0.461. The van der Waals surface area contributed by atoms with Gasteiger partial charge in [-0.05, 0) is 25.8 Å². The van der Waals surface area contributed by atoms with Gasteiger partial charge in [0.15, 0.2) is 6.10 Å². The van der Waals surface area contributed by atoms with Crippen molar-refractivity contribution in [1.82, 2.24) is 5.32 Å². The van der Waals surface area contributed by atoms with Gasteiger partial charge in [-0.25, -0.2) is 0 Å². The van der Waals surface area contributed by atoms with Crippen LogP contribution in [0.2, 0.25) is 0 Å². The average Bonchev–Trinajstić information content (AvgIpc) is 3.21. The van der Waals surface area contributed by atoms with Gasteiger partial charge in [0, 0.05) is 24.2 Å². The molecule has 0 saturated heterocycles. The van der Waals surface area contributed by atoms with Crippen LogP contribution in [0.15, 0.2) is 18.2 Å². The van der Waals surface area contributed by atoms with E-state index in [2.05, 4.69) is 11.4 Å². The van der Waals surface area contributed by atoms with E-state index in [1.165, 1.54) is 12.8 Å². The third-order valence-electron chi connectivity index (χ3n) is 2.92. The quantitative estimate of drug-likeness (QED) is 0.836. The van der Waals surface area contributed by atoms with E-state index < -0.39 is 6.10 Å². The van der Waals surface area contributed by atoms with Gasteiger partial charge in [-0.1, -0.05) is 6.07 Å². The molecule has 1 aromatic rings. The number of hydrogen-bond acceptors (Lipinski definition) is 4. The predicted molar refractivity (Wildman–Crippen MR) is 68.6 cm³/mol. The molecule has 96 valence electrons. The van der Waals surface area contributed by atoms with Gasteiger partial charge in [0.25, 0.3) is 0 Å². The Kier molecular flexibility index (Phi) is 4.06. The highest BCUT2D eigenvalue weighted by atomic mass is 16.5. The zero-order chi connectivity index (χ0) is 13.0. The molecule has 1 saturated carbocycles. The van der Waals surface area contributed by atoms with Crippen molar-refractivity contribution in [1.29, 1.82) is 5.26 Å². The van der Waals surface area contributed by atoms with Crippen LogP contribution in [-0.4, -0.2) is 19.3 Å². The van der Waals surface area contributed by atoms with Crippen molar-refractivity contribution < 1.29 is 9.47 Å². The number of hydrogen-bond donors (Lipinski definition) is 1. The first-order valence-electron chi connectivity index (χ1n) is 6.19. The highest BCUT2D eigenvalue weighted by Gasteiger charge is 2.21. The lowest BCUT2D eigenvalue weighted by molar-refractivity contribution is 0.271. The van der Waals surface area contributed by atoms with E-state index >= 15 is 0 Å². The van der Waals surface area contributed by atoms with E-state index in [1.807, 2.05) is 18.2 Å². The summed E-state index contributed by atoms with van der Waals surface area (Å²) in [4.78, 5) is 0. The second kappa shape index (κ2) is 5.74. The molecular formula is C14H18N2O2. The van der Waals surface area contributed by atoms with Crippen LogP contribution < -0.4 is 14.8 Å². The number of ether oxygens (including phenoxy) is 2. The van der Waals surface area contributed by atoms with Crippen LogP contribution >= 0.6 is 0 Å². The summed E-state index contributed by atoms with van der Waals surface area (Å²) in [5.74, 6) is 1.46. The monoisotopic (exact) mass is 246 g/mol. The molecule has 4 nitrogen and oxygen atoms in total. The van der Waals surface area contributed by atoms with Gasteiger partial charge in [-0.3, -0.25) is 0 Å². The topological polar surface area (TPSA) is 54.3 Å². The Morgan fingerprint density at radius 2 is 2.28 bits per heavy atom. The standard InChI is InChI=1S/C14H18N2O2/c1-10(8-15)18-14-7-13(17-2)6-3-11(14)9-16-12-4-5-12/h3,6-7,10,12,16H,4-5,9H2,1-2H3. The zero-order valence-corrected chi connectivity index (χ0v) is 10.8. The normalized spacial score (nSPS) is 15.8. The molecule has 0 bridgehead atoms. The van der Waals surface area contributed by atoms with Crippen molar-refractivity contribution in [3.05, 3.63) is 23.8 Å². The Morgan fingerprint density at radius 3 is 2.89 bits per heavy atom. The number of nitrogens with one attached hydrogen (secondary N) is 1. The van der Waals surface area contributed by atoms with Crippen LogP contribution in [-0.2, 0) is 6.54 Å². The molecule has 1 N–H and O–H groups in total. The molecule has 4 heteroatoms. The molecule has 1 fully saturated rings. The molecule has 0 heterocycles. The lowest BCUT2D eigenvalue weighted by Crippen LogP contribution is -2.17. The Hall–Kier alpha value is -1.73. The van der Waals surface area contributed by atoms with Gasteiger partial charge in [-0.15, -0.1) is 0 Å². The first-order chi connectivity index (χ1) is 8.72. The molecule has 1 aromatic carbocycles. The van der Waals surface area contributed by atoms with Gasteiger partial charge in [0.1, 0.15) is 17.6 Å². The third kappa shape index (κ3) is 3.38. The molecule has 1 unspecified atom stereocenters. The maximum Gasteiger partial charge on any atom is 0.181 e. The summed E-state index contributed by atoms with van der Waals surface area (Å²) < 4.78 is 10.8. The molecule has 1 atom stereocenters. The van der Waals surface area contributed by atoms with Crippen LogP contribution in [0.25, 0.3) is 0 Å². The SMILES string of the molecule is COc1ccc(CNC2CC2)c(OC(C)C#N)c1. The average molecular weight is 246 g/mol. The van der Waals surface area contributed by atoms with Gasteiger partial charge < -0.3 is 14.8 Å². The van der Waals surface area contributed by atoms with Crippen molar-refractivity contribution in [3.63, 3.8) is 0 Å². The number of nitrogens with zero attached hydrogens (tertiary/aromatic N) is 1. The Labute approximate surface area is 108 Å². The Morgan fingerprint density at radius 1 is 1.50 bits per heavy atom. The fraction of sp³-hybridized carbons (Fsp3) is 0.500. The molecule has 0 amide bonds. The molecule has 0 radical (unpaired) electrons. The maximum absolute atomic E-state index is 8.82. The van der Waals surface area contributed by atoms with Crippen molar-refractivity contribution in [2.24, 2.45) is 0 Å². The van der Waals surface area contributed by atoms with Crippen LogP contribution in [0.1, 0.15) is 25.3 Å². The van der Waals surface area contributed by atoms with Crippen molar-refractivity contribution in [3.8, 4) is 17.6 Å². The fourth-order valence-electron chi connectivity index (χ4n) is 1.68. The minimum Gasteiger partial charge on any atom is -0.497 e. The van der Waals surface area contributed by atoms with E-state index in [0.717, 1.165) is 23.6 Å². The minimum absolute atomic E-state index is 0.461. The summed E-state index contributed by atoms with van der Waals surface area (Å²) in [6.45, 7) is 2.50. The van der Waals surface area contributed by atoms with Crippen molar-refractivity contribution >= 4 is 0 Å². The highest BCUT2D eigenvalue weighted by molar-refractivity contribution is 5.41. The lowest BCUT2D eigenvalue weighted by Gasteiger charge is -2.14. The summed E-state index contributed by atoms with van der Waals surface area (Å²) >= 11 is 0. The molecule has 1 aliphatic carbocycles. The summed E-state index contributed by atoms with van der Waals surface area (Å²) in [7, 11) is 1.62. The Bertz CT molecular complexity index is 450. The fourth-order valence-corrected chi connectivity index (χ4v) is 1.68. The smallest absolute Gasteiger partial charge is 0.181 e. The Balaban J connectivity index is 2.11. The van der Waals surface area contributed by atoms with Crippen LogP contribution in [0.3, 0.4) is 0 Å². The van der Waals surface area contributed by atoms with Crippen LogP contribution in [0, 0.1) is 11.3 Å². The van der Waals surface area contributed by atoms with E-state index in [4.69, 9.17) is 14.7 Å². The van der Waals surface area contributed by atoms with E-state index in [1.54, 1.807) is 14.0 Å². The largest absolute Gasteiger partial charge is 0.497 e. The third-order valence-corrected chi connectivity index (χ3v) is 2.92. The van der Waals surface area contributed by atoms with Crippen LogP contribution in [0.4, 0.5) is 0 Å². The molecule has 1 aliphatic rings. The molecule has 0 aliphatic heterocycles. The summed E-state index contributed by atoms with van der Waals surface area (Å²) in [6.07, 6.45) is 2.04. The van der Waals surface area contributed by atoms with Gasteiger partial charge >= 0.3 is 0 Å². The summed E-state index contributed by atoms with van der Waals surface area (Å²) in [5, 5.41) is 12.3. The highest BCUT2D eigenvalue weighted by Crippen LogP contribution is 2.27. The zero-order valence-electron chi connectivity index (χ0n) is 10.8. The number of nitriles is 1. The summed E-state index contributed by atoms with van der Waals surface area (Å²) in [5.41, 5.74) is 1.06. The van der Waals surface area contributed by atoms with E-state index in [9.17, 15) is 0 Å². The number of benzene rings is 1. The van der Waals surface area contributed by atoms with Gasteiger partial charge in [-0.2, -0.15) is 5.26 Å². The van der Waals surface area contributed by atoms with E-state index in [0.29, 0.717) is 6.04 Å². The van der Waals surface area contributed by atoms with Crippen molar-refractivity contribution in [2.75, 3.05) is 7.11 Å². The van der Waals surface area contributed by atoms with Crippen molar-refractivity contribution in [2.45, 2.75) is 38.5 Å². The number of rotatable bonds is 6. The molecule has 2 rings (SSSR count).